The number of benzene rings is 1. The number of nitrogens with zero attached hydrogens (tertiary/aromatic N) is 1. The fourth-order valence-electron chi connectivity index (χ4n) is 3.54. The number of hydrogen-bond acceptors (Lipinski definition) is 3. The molecule has 2 aliphatic heterocycles. The van der Waals surface area contributed by atoms with Crippen LogP contribution in [0.5, 0.6) is 0 Å². The average molecular weight is 388 g/mol. The van der Waals surface area contributed by atoms with Crippen LogP contribution in [0.3, 0.4) is 0 Å². The van der Waals surface area contributed by atoms with E-state index in [4.69, 9.17) is 0 Å². The van der Waals surface area contributed by atoms with E-state index in [0.717, 1.165) is 38.1 Å². The molecule has 0 aromatic heterocycles. The van der Waals surface area contributed by atoms with E-state index in [1.54, 1.807) is 0 Å². The zero-order valence-corrected chi connectivity index (χ0v) is 15.3. The summed E-state index contributed by atoms with van der Waals surface area (Å²) in [7, 11) is 0. The van der Waals surface area contributed by atoms with Crippen LogP contribution in [0.4, 0.5) is 8.78 Å². The van der Waals surface area contributed by atoms with E-state index in [1.807, 2.05) is 4.90 Å². The van der Waals surface area contributed by atoms with E-state index in [1.165, 1.54) is 6.42 Å². The monoisotopic (exact) mass is 387 g/mol. The Morgan fingerprint density at radius 1 is 1.19 bits per heavy atom. The van der Waals surface area contributed by atoms with Gasteiger partial charge >= 0.3 is 0 Å². The van der Waals surface area contributed by atoms with Crippen molar-refractivity contribution in [1.82, 2.24) is 15.5 Å². The van der Waals surface area contributed by atoms with Crippen molar-refractivity contribution in [3.8, 4) is 0 Å². The van der Waals surface area contributed by atoms with Crippen LogP contribution in [0.15, 0.2) is 18.2 Å². The molecule has 2 aliphatic rings. The highest BCUT2D eigenvalue weighted by atomic mass is 35.5. The van der Waals surface area contributed by atoms with E-state index in [-0.39, 0.29) is 30.4 Å². The van der Waals surface area contributed by atoms with Crippen LogP contribution in [0.25, 0.3) is 0 Å². The van der Waals surface area contributed by atoms with Gasteiger partial charge in [-0.3, -0.25) is 9.59 Å². The second kappa shape index (κ2) is 9.28. The molecule has 2 atom stereocenters. The molecule has 2 unspecified atom stereocenters. The Labute approximate surface area is 157 Å². The third-order valence-electron chi connectivity index (χ3n) is 4.90. The fourth-order valence-corrected chi connectivity index (χ4v) is 3.54. The lowest BCUT2D eigenvalue weighted by Crippen LogP contribution is -2.39. The molecule has 2 N–H and O–H groups in total. The average Bonchev–Trinajstić information content (AvgIpc) is 2.90. The van der Waals surface area contributed by atoms with Crippen LogP contribution in [0.2, 0.25) is 0 Å². The zero-order chi connectivity index (χ0) is 17.8. The van der Waals surface area contributed by atoms with E-state index in [2.05, 4.69) is 10.6 Å². The van der Waals surface area contributed by atoms with Gasteiger partial charge in [-0.1, -0.05) is 0 Å². The maximum Gasteiger partial charge on any atom is 0.254 e. The van der Waals surface area contributed by atoms with Crippen LogP contribution in [0.1, 0.15) is 42.5 Å². The van der Waals surface area contributed by atoms with Crippen molar-refractivity contribution < 1.29 is 18.4 Å². The Bertz CT molecular complexity index is 659. The molecule has 2 fully saturated rings. The summed E-state index contributed by atoms with van der Waals surface area (Å²) in [5.74, 6) is -2.11. The van der Waals surface area contributed by atoms with E-state index in [9.17, 15) is 18.4 Å². The van der Waals surface area contributed by atoms with Gasteiger partial charge in [-0.05, 0) is 37.8 Å². The molecule has 1 aromatic carbocycles. The van der Waals surface area contributed by atoms with Gasteiger partial charge in [0.1, 0.15) is 11.6 Å². The van der Waals surface area contributed by atoms with Crippen molar-refractivity contribution in [2.45, 2.75) is 44.2 Å². The van der Waals surface area contributed by atoms with Crippen molar-refractivity contribution in [1.29, 1.82) is 0 Å². The van der Waals surface area contributed by atoms with Crippen molar-refractivity contribution in [2.24, 2.45) is 0 Å². The molecule has 5 nitrogen and oxygen atoms in total. The van der Waals surface area contributed by atoms with Crippen molar-refractivity contribution in [3.63, 3.8) is 0 Å². The molecule has 2 saturated heterocycles. The molecule has 1 aromatic rings. The minimum atomic E-state index is -0.888. The van der Waals surface area contributed by atoms with Crippen molar-refractivity contribution in [2.75, 3.05) is 19.6 Å². The number of halogens is 3. The maximum absolute atomic E-state index is 13.5. The normalized spacial score (nSPS) is 21.7. The van der Waals surface area contributed by atoms with Gasteiger partial charge in [-0.2, -0.15) is 0 Å². The highest BCUT2D eigenvalue weighted by Gasteiger charge is 2.30. The van der Waals surface area contributed by atoms with Crippen LogP contribution in [-0.4, -0.2) is 48.4 Å². The van der Waals surface area contributed by atoms with Crippen molar-refractivity contribution in [3.05, 3.63) is 35.4 Å². The molecule has 2 amide bonds. The maximum atomic E-state index is 13.5. The summed E-state index contributed by atoms with van der Waals surface area (Å²) in [6.45, 7) is 1.81. The first kappa shape index (κ1) is 20.6. The molecule has 0 spiro atoms. The first-order valence-corrected chi connectivity index (χ1v) is 8.80. The van der Waals surface area contributed by atoms with Gasteiger partial charge in [0.05, 0.1) is 5.56 Å². The molecule has 2 heterocycles. The topological polar surface area (TPSA) is 61.4 Å². The lowest BCUT2D eigenvalue weighted by molar-refractivity contribution is -0.131. The van der Waals surface area contributed by atoms with E-state index >= 15 is 0 Å². The first-order valence-electron chi connectivity index (χ1n) is 8.80. The Hall–Kier alpha value is -1.73. The zero-order valence-electron chi connectivity index (χ0n) is 14.5. The molecular formula is C18H24ClF2N3O2. The molecule has 3 rings (SSSR count). The summed E-state index contributed by atoms with van der Waals surface area (Å²) in [6.07, 6.45) is 4.14. The van der Waals surface area contributed by atoms with E-state index < -0.39 is 17.5 Å². The highest BCUT2D eigenvalue weighted by molar-refractivity contribution is 5.94. The Morgan fingerprint density at radius 2 is 1.96 bits per heavy atom. The summed E-state index contributed by atoms with van der Waals surface area (Å²) < 4.78 is 26.4. The number of carbonyl (C=O) groups is 2. The molecule has 0 aliphatic carbocycles. The Morgan fingerprint density at radius 3 is 2.73 bits per heavy atom. The summed E-state index contributed by atoms with van der Waals surface area (Å²) in [4.78, 5) is 26.1. The Kier molecular flexibility index (Phi) is 7.34. The number of amides is 2. The number of rotatable bonds is 5. The molecule has 0 saturated carbocycles. The third-order valence-corrected chi connectivity index (χ3v) is 4.90. The van der Waals surface area contributed by atoms with Crippen LogP contribution < -0.4 is 10.6 Å². The lowest BCUT2D eigenvalue weighted by atomic mass is 10.1. The van der Waals surface area contributed by atoms with E-state index in [0.29, 0.717) is 31.0 Å². The standard InChI is InChI=1S/C18H23F2N3O2.ClH/c19-12-3-6-15(16(20)10-12)18(25)21-8-1-2-17(24)23-9-7-13-4-5-14(11-23)22-13;/h3,6,10,13-14,22H,1-2,4-5,7-9,11H2,(H,21,25);1H. The van der Waals surface area contributed by atoms with Gasteiger partial charge in [-0.15, -0.1) is 12.4 Å². The largest absolute Gasteiger partial charge is 0.352 e. The molecule has 8 heteroatoms. The number of hydrogen-bond donors (Lipinski definition) is 2. The minimum absolute atomic E-state index is 0. The van der Waals surface area contributed by atoms with Crippen LogP contribution in [-0.2, 0) is 4.79 Å². The van der Waals surface area contributed by atoms with Gasteiger partial charge < -0.3 is 15.5 Å². The fraction of sp³-hybridized carbons (Fsp3) is 0.556. The molecule has 0 radical (unpaired) electrons. The van der Waals surface area contributed by atoms with Gasteiger partial charge in [0.25, 0.3) is 5.91 Å². The Balaban J connectivity index is 0.00000243. The molecular weight excluding hydrogens is 364 g/mol. The van der Waals surface area contributed by atoms with Gasteiger partial charge in [-0.25, -0.2) is 8.78 Å². The number of nitrogens with one attached hydrogen (secondary N) is 2. The molecule has 2 bridgehead atoms. The number of carbonyl (C=O) groups excluding carboxylic acids is 2. The minimum Gasteiger partial charge on any atom is -0.352 e. The smallest absolute Gasteiger partial charge is 0.254 e. The lowest BCUT2D eigenvalue weighted by Gasteiger charge is -2.24. The predicted octanol–water partition coefficient (Wildman–Crippen LogP) is 2.25. The van der Waals surface area contributed by atoms with Gasteiger partial charge in [0.15, 0.2) is 0 Å². The highest BCUT2D eigenvalue weighted by Crippen LogP contribution is 2.20. The predicted molar refractivity (Wildman–Crippen MR) is 96.3 cm³/mol. The third kappa shape index (κ3) is 5.14. The second-order valence-corrected chi connectivity index (χ2v) is 6.75. The number of fused-ring (bicyclic) bond motifs is 2. The van der Waals surface area contributed by atoms with Crippen molar-refractivity contribution >= 4 is 24.2 Å². The molecule has 26 heavy (non-hydrogen) atoms. The van der Waals surface area contributed by atoms with Crippen LogP contribution in [0, 0.1) is 11.6 Å². The van der Waals surface area contributed by atoms with Gasteiger partial charge in [0.2, 0.25) is 5.91 Å². The summed E-state index contributed by atoms with van der Waals surface area (Å²) in [5, 5.41) is 6.11. The first-order chi connectivity index (χ1) is 12.0. The molecule has 144 valence electrons. The second-order valence-electron chi connectivity index (χ2n) is 6.75. The SMILES string of the molecule is Cl.O=C(NCCCC(=O)N1CCC2CCC(C1)N2)c1ccc(F)cc1F. The summed E-state index contributed by atoms with van der Waals surface area (Å²) >= 11 is 0. The summed E-state index contributed by atoms with van der Waals surface area (Å²) in [6, 6.07) is 3.78. The van der Waals surface area contributed by atoms with Gasteiger partial charge in [0, 0.05) is 44.2 Å². The summed E-state index contributed by atoms with van der Waals surface area (Å²) in [5.41, 5.74) is -0.192. The number of likely N-dealkylation sites (tertiary alicyclic amines) is 1. The van der Waals surface area contributed by atoms with Crippen LogP contribution >= 0.6 is 12.4 Å². The quantitative estimate of drug-likeness (QED) is 0.762.